The SMILES string of the molecule is COCc1ccc(C#Cc2ccccc2)cc1. The molecule has 0 amide bonds. The first-order chi connectivity index (χ1) is 8.38. The van der Waals surface area contributed by atoms with E-state index >= 15 is 0 Å². The predicted molar refractivity (Wildman–Crippen MR) is 69.6 cm³/mol. The Bertz CT molecular complexity index is 515. The highest BCUT2D eigenvalue weighted by Crippen LogP contribution is 2.04. The van der Waals surface area contributed by atoms with E-state index in [-0.39, 0.29) is 0 Å². The van der Waals surface area contributed by atoms with Crippen LogP contribution in [0.2, 0.25) is 0 Å². The number of hydrogen-bond acceptors (Lipinski definition) is 1. The topological polar surface area (TPSA) is 9.23 Å². The van der Waals surface area contributed by atoms with Gasteiger partial charge in [-0.25, -0.2) is 0 Å². The Morgan fingerprint density at radius 3 is 2.00 bits per heavy atom. The van der Waals surface area contributed by atoms with Crippen molar-refractivity contribution in [1.82, 2.24) is 0 Å². The molecular formula is C16H14O. The van der Waals surface area contributed by atoms with Gasteiger partial charge in [-0.1, -0.05) is 42.2 Å². The molecule has 0 radical (unpaired) electrons. The van der Waals surface area contributed by atoms with Gasteiger partial charge >= 0.3 is 0 Å². The molecule has 0 fully saturated rings. The average molecular weight is 222 g/mol. The van der Waals surface area contributed by atoms with Crippen molar-refractivity contribution in [3.8, 4) is 11.8 Å². The number of benzene rings is 2. The molecule has 2 rings (SSSR count). The van der Waals surface area contributed by atoms with E-state index in [4.69, 9.17) is 4.74 Å². The van der Waals surface area contributed by atoms with Gasteiger partial charge in [0.05, 0.1) is 6.61 Å². The third kappa shape index (κ3) is 3.48. The van der Waals surface area contributed by atoms with Crippen molar-refractivity contribution in [2.75, 3.05) is 7.11 Å². The fourth-order valence-electron chi connectivity index (χ4n) is 1.52. The third-order valence-corrected chi connectivity index (χ3v) is 2.39. The monoisotopic (exact) mass is 222 g/mol. The zero-order chi connectivity index (χ0) is 11.9. The summed E-state index contributed by atoms with van der Waals surface area (Å²) in [6, 6.07) is 18.1. The molecule has 0 aliphatic heterocycles. The first-order valence-corrected chi connectivity index (χ1v) is 5.53. The van der Waals surface area contributed by atoms with Crippen LogP contribution >= 0.6 is 0 Å². The molecule has 17 heavy (non-hydrogen) atoms. The lowest BCUT2D eigenvalue weighted by Gasteiger charge is -1.98. The Balaban J connectivity index is 2.12. The van der Waals surface area contributed by atoms with E-state index < -0.39 is 0 Å². The second-order valence-corrected chi connectivity index (χ2v) is 3.75. The summed E-state index contributed by atoms with van der Waals surface area (Å²) in [7, 11) is 1.70. The Kier molecular flexibility index (Phi) is 3.96. The third-order valence-electron chi connectivity index (χ3n) is 2.39. The van der Waals surface area contributed by atoms with Gasteiger partial charge in [-0.2, -0.15) is 0 Å². The lowest BCUT2D eigenvalue weighted by atomic mass is 10.1. The number of rotatable bonds is 2. The number of hydrogen-bond donors (Lipinski definition) is 0. The fraction of sp³-hybridized carbons (Fsp3) is 0.125. The molecule has 0 saturated carbocycles. The molecule has 0 saturated heterocycles. The van der Waals surface area contributed by atoms with Crippen molar-refractivity contribution in [3.05, 3.63) is 71.3 Å². The minimum absolute atomic E-state index is 0.645. The molecule has 0 aliphatic carbocycles. The molecule has 0 atom stereocenters. The van der Waals surface area contributed by atoms with Crippen LogP contribution in [0.5, 0.6) is 0 Å². The van der Waals surface area contributed by atoms with Gasteiger partial charge in [0.2, 0.25) is 0 Å². The normalized spacial score (nSPS) is 9.47. The maximum absolute atomic E-state index is 5.06. The number of methoxy groups -OCH3 is 1. The van der Waals surface area contributed by atoms with E-state index in [2.05, 4.69) is 11.8 Å². The van der Waals surface area contributed by atoms with Crippen LogP contribution in [-0.2, 0) is 11.3 Å². The van der Waals surface area contributed by atoms with E-state index in [1.165, 1.54) is 0 Å². The van der Waals surface area contributed by atoms with E-state index in [1.807, 2.05) is 54.6 Å². The zero-order valence-electron chi connectivity index (χ0n) is 9.81. The number of ether oxygens (including phenoxy) is 1. The first kappa shape index (κ1) is 11.4. The van der Waals surface area contributed by atoms with Crippen LogP contribution in [0.3, 0.4) is 0 Å². The second-order valence-electron chi connectivity index (χ2n) is 3.75. The Hall–Kier alpha value is -2.04. The lowest BCUT2D eigenvalue weighted by molar-refractivity contribution is 0.185. The molecule has 0 spiro atoms. The van der Waals surface area contributed by atoms with E-state index in [0.29, 0.717) is 6.61 Å². The largest absolute Gasteiger partial charge is 0.380 e. The molecule has 0 N–H and O–H groups in total. The Labute approximate surface area is 102 Å². The highest BCUT2D eigenvalue weighted by atomic mass is 16.5. The summed E-state index contributed by atoms with van der Waals surface area (Å²) in [5, 5.41) is 0. The highest BCUT2D eigenvalue weighted by Gasteiger charge is 1.91. The Morgan fingerprint density at radius 2 is 1.41 bits per heavy atom. The maximum atomic E-state index is 5.06. The molecular weight excluding hydrogens is 208 g/mol. The van der Waals surface area contributed by atoms with Crippen molar-refractivity contribution in [1.29, 1.82) is 0 Å². The van der Waals surface area contributed by atoms with Crippen molar-refractivity contribution in [2.24, 2.45) is 0 Å². The summed E-state index contributed by atoms with van der Waals surface area (Å²) < 4.78 is 5.06. The van der Waals surface area contributed by atoms with Gasteiger partial charge in [-0.05, 0) is 29.8 Å². The zero-order valence-corrected chi connectivity index (χ0v) is 9.81. The molecule has 1 nitrogen and oxygen atoms in total. The van der Waals surface area contributed by atoms with Crippen LogP contribution in [0.25, 0.3) is 0 Å². The molecule has 0 heterocycles. The predicted octanol–water partition coefficient (Wildman–Crippen LogP) is 3.23. The van der Waals surface area contributed by atoms with Crippen molar-refractivity contribution < 1.29 is 4.74 Å². The van der Waals surface area contributed by atoms with Gasteiger partial charge in [-0.3, -0.25) is 0 Å². The van der Waals surface area contributed by atoms with E-state index in [1.54, 1.807) is 7.11 Å². The van der Waals surface area contributed by atoms with Gasteiger partial charge in [0.15, 0.2) is 0 Å². The summed E-state index contributed by atoms with van der Waals surface area (Å²) in [6.07, 6.45) is 0. The maximum Gasteiger partial charge on any atom is 0.0713 e. The molecule has 0 unspecified atom stereocenters. The van der Waals surface area contributed by atoms with Gasteiger partial charge in [0, 0.05) is 18.2 Å². The standard InChI is InChI=1S/C16H14O/c1-17-13-16-11-9-15(10-12-16)8-7-14-5-3-2-4-6-14/h2-6,9-12H,13H2,1H3. The minimum atomic E-state index is 0.645. The molecule has 0 aromatic heterocycles. The fourth-order valence-corrected chi connectivity index (χ4v) is 1.52. The van der Waals surface area contributed by atoms with Crippen LogP contribution in [-0.4, -0.2) is 7.11 Å². The minimum Gasteiger partial charge on any atom is -0.380 e. The van der Waals surface area contributed by atoms with Crippen molar-refractivity contribution in [3.63, 3.8) is 0 Å². The summed E-state index contributed by atoms with van der Waals surface area (Å²) in [4.78, 5) is 0. The van der Waals surface area contributed by atoms with Crippen LogP contribution in [0, 0.1) is 11.8 Å². The van der Waals surface area contributed by atoms with Gasteiger partial charge in [-0.15, -0.1) is 0 Å². The van der Waals surface area contributed by atoms with E-state index in [0.717, 1.165) is 16.7 Å². The van der Waals surface area contributed by atoms with Gasteiger partial charge in [0.1, 0.15) is 0 Å². The summed E-state index contributed by atoms with van der Waals surface area (Å²) in [6.45, 7) is 0.645. The quantitative estimate of drug-likeness (QED) is 0.709. The van der Waals surface area contributed by atoms with Gasteiger partial charge < -0.3 is 4.74 Å². The van der Waals surface area contributed by atoms with Crippen molar-refractivity contribution >= 4 is 0 Å². The molecule has 0 bridgehead atoms. The van der Waals surface area contributed by atoms with Gasteiger partial charge in [0.25, 0.3) is 0 Å². The summed E-state index contributed by atoms with van der Waals surface area (Å²) in [5.74, 6) is 6.27. The summed E-state index contributed by atoms with van der Waals surface area (Å²) >= 11 is 0. The lowest BCUT2D eigenvalue weighted by Crippen LogP contribution is -1.86. The van der Waals surface area contributed by atoms with Crippen LogP contribution in [0.1, 0.15) is 16.7 Å². The van der Waals surface area contributed by atoms with Crippen LogP contribution in [0.15, 0.2) is 54.6 Å². The first-order valence-electron chi connectivity index (χ1n) is 5.53. The highest BCUT2D eigenvalue weighted by molar-refractivity contribution is 5.43. The molecule has 0 aliphatic rings. The van der Waals surface area contributed by atoms with Crippen LogP contribution in [0.4, 0.5) is 0 Å². The molecule has 84 valence electrons. The molecule has 1 heteroatoms. The van der Waals surface area contributed by atoms with Crippen LogP contribution < -0.4 is 0 Å². The molecule has 2 aromatic carbocycles. The van der Waals surface area contributed by atoms with E-state index in [9.17, 15) is 0 Å². The summed E-state index contributed by atoms with van der Waals surface area (Å²) in [5.41, 5.74) is 3.22. The average Bonchev–Trinajstić information content (AvgIpc) is 2.40. The second kappa shape index (κ2) is 5.89. The molecule has 2 aromatic rings. The Morgan fingerprint density at radius 1 is 0.824 bits per heavy atom. The smallest absolute Gasteiger partial charge is 0.0713 e. The van der Waals surface area contributed by atoms with Crippen molar-refractivity contribution in [2.45, 2.75) is 6.61 Å².